The first kappa shape index (κ1) is 20.6. The molecule has 9 heteroatoms. The van der Waals surface area contributed by atoms with Gasteiger partial charge in [-0.2, -0.15) is 17.9 Å². The van der Waals surface area contributed by atoms with Gasteiger partial charge in [-0.3, -0.25) is 0 Å². The van der Waals surface area contributed by atoms with Crippen LogP contribution in [0.15, 0.2) is 66.9 Å². The summed E-state index contributed by atoms with van der Waals surface area (Å²) >= 11 is 0. The van der Waals surface area contributed by atoms with Crippen LogP contribution in [0.25, 0.3) is 0 Å². The lowest BCUT2D eigenvalue weighted by atomic mass is 9.92. The van der Waals surface area contributed by atoms with Gasteiger partial charge in [-0.15, -0.1) is 0 Å². The Morgan fingerprint density at radius 3 is 2.39 bits per heavy atom. The normalized spacial score (nSPS) is 16.0. The summed E-state index contributed by atoms with van der Waals surface area (Å²) in [6.07, 6.45) is -2.80. The second kappa shape index (κ2) is 7.90. The molecule has 1 aliphatic rings. The Morgan fingerprint density at radius 2 is 1.74 bits per heavy atom. The smallest absolute Gasteiger partial charge is 0.416 e. The molecule has 0 saturated carbocycles. The average molecular weight is 431 g/mol. The number of pyridine rings is 1. The van der Waals surface area contributed by atoms with E-state index in [0.29, 0.717) is 28.0 Å². The number of anilines is 1. The highest BCUT2D eigenvalue weighted by atomic mass is 19.4. The number of hydrogen-bond donors (Lipinski definition) is 1. The van der Waals surface area contributed by atoms with E-state index in [1.807, 2.05) is 0 Å². The molecule has 0 saturated heterocycles. The molecule has 5 nitrogen and oxygen atoms in total. The maximum atomic E-state index is 13.1. The molecule has 0 aliphatic carbocycles. The number of urea groups is 1. The Balaban J connectivity index is 1.73. The molecular weight excluding hydrogens is 414 g/mol. The van der Waals surface area contributed by atoms with Crippen LogP contribution in [0.5, 0.6) is 0 Å². The van der Waals surface area contributed by atoms with Crippen LogP contribution in [0.2, 0.25) is 0 Å². The van der Waals surface area contributed by atoms with Crippen LogP contribution in [0.3, 0.4) is 0 Å². The van der Waals surface area contributed by atoms with E-state index >= 15 is 0 Å². The average Bonchev–Trinajstić information content (AvgIpc) is 2.74. The van der Waals surface area contributed by atoms with Gasteiger partial charge >= 0.3 is 12.2 Å². The topological polar surface area (TPSA) is 59.3 Å². The van der Waals surface area contributed by atoms with E-state index in [9.17, 15) is 27.6 Å². The molecule has 31 heavy (non-hydrogen) atoms. The fourth-order valence-electron chi connectivity index (χ4n) is 3.71. The Bertz CT molecular complexity index is 1100. The zero-order chi connectivity index (χ0) is 22.2. The standard InChI is InChI=1S/C22H17F4N3O2/c23-17-7-9-18(10-8-17)27-21(30)28-13-11-14-2-1-12-29(31)20(14)19(28)15-3-5-16(6-4-15)22(24,25)26/h1-10,12,19H,11,13H2,(H,27,30). The van der Waals surface area contributed by atoms with Crippen molar-refractivity contribution in [1.29, 1.82) is 0 Å². The number of aromatic nitrogens is 1. The number of benzene rings is 2. The van der Waals surface area contributed by atoms with Crippen LogP contribution >= 0.6 is 0 Å². The third kappa shape index (κ3) is 4.16. The Hall–Kier alpha value is -3.62. The van der Waals surface area contributed by atoms with Gasteiger partial charge in [0, 0.05) is 23.9 Å². The van der Waals surface area contributed by atoms with Crippen molar-refractivity contribution in [3.63, 3.8) is 0 Å². The maximum Gasteiger partial charge on any atom is 0.416 e. The summed E-state index contributed by atoms with van der Waals surface area (Å²) in [5, 5.41) is 15.2. The van der Waals surface area contributed by atoms with Gasteiger partial charge in [0.2, 0.25) is 5.69 Å². The van der Waals surface area contributed by atoms with Crippen molar-refractivity contribution >= 4 is 11.7 Å². The molecule has 0 radical (unpaired) electrons. The SMILES string of the molecule is O=C(Nc1ccc(F)cc1)N1CCc2ccc[n+]([O-])c2C1c1ccc(C(F)(F)F)cc1. The number of hydrogen-bond acceptors (Lipinski definition) is 2. The van der Waals surface area contributed by atoms with Gasteiger partial charge in [0.05, 0.1) is 5.56 Å². The van der Waals surface area contributed by atoms with Crippen LogP contribution in [0.4, 0.5) is 28.0 Å². The third-order valence-electron chi connectivity index (χ3n) is 5.19. The zero-order valence-electron chi connectivity index (χ0n) is 16.1. The lowest BCUT2D eigenvalue weighted by Gasteiger charge is -2.35. The van der Waals surface area contributed by atoms with Gasteiger partial charge in [-0.1, -0.05) is 12.1 Å². The van der Waals surface area contributed by atoms with Crippen molar-refractivity contribution in [2.24, 2.45) is 0 Å². The van der Waals surface area contributed by atoms with Crippen molar-refractivity contribution < 1.29 is 27.1 Å². The van der Waals surface area contributed by atoms with E-state index in [1.54, 1.807) is 12.1 Å². The monoisotopic (exact) mass is 431 g/mol. The van der Waals surface area contributed by atoms with Crippen LogP contribution in [0.1, 0.15) is 28.4 Å². The molecule has 1 aromatic heterocycles. The summed E-state index contributed by atoms with van der Waals surface area (Å²) in [5.41, 5.74) is 0.902. The van der Waals surface area contributed by atoms with E-state index in [2.05, 4.69) is 5.32 Å². The minimum atomic E-state index is -4.50. The van der Waals surface area contributed by atoms with Gasteiger partial charge in [-0.25, -0.2) is 9.18 Å². The lowest BCUT2D eigenvalue weighted by Crippen LogP contribution is -2.49. The fraction of sp³-hybridized carbons (Fsp3) is 0.182. The highest BCUT2D eigenvalue weighted by Gasteiger charge is 2.38. The van der Waals surface area contributed by atoms with E-state index in [4.69, 9.17) is 0 Å². The van der Waals surface area contributed by atoms with E-state index in [0.717, 1.165) is 12.1 Å². The minimum absolute atomic E-state index is 0.246. The number of rotatable bonds is 2. The maximum absolute atomic E-state index is 13.1. The van der Waals surface area contributed by atoms with E-state index < -0.39 is 29.6 Å². The molecule has 1 aliphatic heterocycles. The first-order chi connectivity index (χ1) is 14.7. The molecule has 0 bridgehead atoms. The van der Waals surface area contributed by atoms with Gasteiger partial charge in [0.1, 0.15) is 11.9 Å². The molecule has 3 aromatic rings. The summed E-state index contributed by atoms with van der Waals surface area (Å²) in [7, 11) is 0. The molecule has 2 amide bonds. The van der Waals surface area contributed by atoms with Crippen LogP contribution in [-0.4, -0.2) is 17.5 Å². The first-order valence-electron chi connectivity index (χ1n) is 9.45. The summed E-state index contributed by atoms with van der Waals surface area (Å²) in [6, 6.07) is 11.5. The van der Waals surface area contributed by atoms with Gasteiger partial charge in [-0.05, 0) is 54.4 Å². The van der Waals surface area contributed by atoms with Crippen molar-refractivity contribution in [3.8, 4) is 0 Å². The number of halogens is 4. The Labute approximate surface area is 175 Å². The van der Waals surface area contributed by atoms with Crippen LogP contribution < -0.4 is 10.0 Å². The van der Waals surface area contributed by atoms with Crippen LogP contribution in [0, 0.1) is 11.0 Å². The quantitative estimate of drug-likeness (QED) is 0.365. The van der Waals surface area contributed by atoms with Crippen LogP contribution in [-0.2, 0) is 12.6 Å². The van der Waals surface area contributed by atoms with Crippen molar-refractivity contribution in [2.45, 2.75) is 18.6 Å². The fourth-order valence-corrected chi connectivity index (χ4v) is 3.71. The number of carbonyl (C=O) groups is 1. The number of fused-ring (bicyclic) bond motifs is 1. The number of amides is 2. The predicted molar refractivity (Wildman–Crippen MR) is 105 cm³/mol. The minimum Gasteiger partial charge on any atom is -0.618 e. The van der Waals surface area contributed by atoms with Crippen molar-refractivity contribution in [1.82, 2.24) is 4.90 Å². The van der Waals surface area contributed by atoms with Crippen molar-refractivity contribution in [3.05, 3.63) is 100 Å². The molecule has 1 N–H and O–H groups in total. The molecule has 4 rings (SSSR count). The van der Waals surface area contributed by atoms with Gasteiger partial charge in [0.25, 0.3) is 0 Å². The number of nitrogens with zero attached hydrogens (tertiary/aromatic N) is 2. The number of carbonyl (C=O) groups excluding carboxylic acids is 1. The first-order valence-corrected chi connectivity index (χ1v) is 9.45. The predicted octanol–water partition coefficient (Wildman–Crippen LogP) is 4.66. The molecule has 160 valence electrons. The highest BCUT2D eigenvalue weighted by molar-refractivity contribution is 5.90. The van der Waals surface area contributed by atoms with Gasteiger partial charge in [0.15, 0.2) is 6.20 Å². The Morgan fingerprint density at radius 1 is 1.06 bits per heavy atom. The molecule has 1 unspecified atom stereocenters. The molecule has 1 atom stereocenters. The largest absolute Gasteiger partial charge is 0.618 e. The summed E-state index contributed by atoms with van der Waals surface area (Å²) in [6.45, 7) is 0.246. The summed E-state index contributed by atoms with van der Waals surface area (Å²) in [4.78, 5) is 14.4. The van der Waals surface area contributed by atoms with Crippen molar-refractivity contribution in [2.75, 3.05) is 11.9 Å². The molecule has 0 spiro atoms. The Kier molecular flexibility index (Phi) is 5.26. The molecular formula is C22H17F4N3O2. The third-order valence-corrected chi connectivity index (χ3v) is 5.19. The molecule has 2 aromatic carbocycles. The van der Waals surface area contributed by atoms with E-state index in [1.165, 1.54) is 47.5 Å². The molecule has 2 heterocycles. The summed E-state index contributed by atoms with van der Waals surface area (Å²) in [5.74, 6) is -0.458. The number of alkyl halides is 3. The van der Waals surface area contributed by atoms with E-state index in [-0.39, 0.29) is 12.2 Å². The zero-order valence-corrected chi connectivity index (χ0v) is 16.1. The second-order valence-electron chi connectivity index (χ2n) is 7.15. The highest BCUT2D eigenvalue weighted by Crippen LogP contribution is 2.36. The summed E-state index contributed by atoms with van der Waals surface area (Å²) < 4.78 is 52.7. The second-order valence-corrected chi connectivity index (χ2v) is 7.15. The molecule has 0 fully saturated rings. The number of nitrogens with one attached hydrogen (secondary N) is 1. The lowest BCUT2D eigenvalue weighted by molar-refractivity contribution is -0.617. The van der Waals surface area contributed by atoms with Gasteiger partial charge < -0.3 is 15.4 Å².